The Morgan fingerprint density at radius 2 is 2.06 bits per heavy atom. The lowest BCUT2D eigenvalue weighted by atomic mass is 10.3. The van der Waals surface area contributed by atoms with Gasteiger partial charge in [-0.3, -0.25) is 4.68 Å². The zero-order valence-electron chi connectivity index (χ0n) is 9.22. The second-order valence-electron chi connectivity index (χ2n) is 3.97. The summed E-state index contributed by atoms with van der Waals surface area (Å²) in [5, 5.41) is 8.66. The number of aromatic nitrogens is 4. The number of aryl methyl sites for hydroxylation is 1. The van der Waals surface area contributed by atoms with Crippen molar-refractivity contribution in [2.24, 2.45) is 7.05 Å². The second kappa shape index (κ2) is 3.71. The summed E-state index contributed by atoms with van der Waals surface area (Å²) >= 11 is 0. The van der Waals surface area contributed by atoms with Crippen molar-refractivity contribution in [3.63, 3.8) is 0 Å². The van der Waals surface area contributed by atoms with Crippen LogP contribution in [0.1, 0.15) is 0 Å². The van der Waals surface area contributed by atoms with Gasteiger partial charge in [0.1, 0.15) is 12.1 Å². The van der Waals surface area contributed by atoms with Crippen LogP contribution in [0.3, 0.4) is 0 Å². The summed E-state index contributed by atoms with van der Waals surface area (Å²) in [5.41, 5.74) is 0.769. The van der Waals surface area contributed by atoms with Gasteiger partial charge < -0.3 is 10.2 Å². The van der Waals surface area contributed by atoms with Crippen LogP contribution in [0.25, 0.3) is 11.0 Å². The monoisotopic (exact) mass is 218 g/mol. The Morgan fingerprint density at radius 3 is 2.88 bits per heavy atom. The zero-order valence-corrected chi connectivity index (χ0v) is 9.22. The van der Waals surface area contributed by atoms with Crippen molar-refractivity contribution < 1.29 is 0 Å². The number of nitrogens with one attached hydrogen (secondary N) is 1. The van der Waals surface area contributed by atoms with Gasteiger partial charge in [0.2, 0.25) is 0 Å². The molecule has 0 radical (unpaired) electrons. The van der Waals surface area contributed by atoms with E-state index in [-0.39, 0.29) is 0 Å². The van der Waals surface area contributed by atoms with Crippen LogP contribution in [-0.4, -0.2) is 45.9 Å². The summed E-state index contributed by atoms with van der Waals surface area (Å²) in [4.78, 5) is 10.8. The molecule has 1 saturated heterocycles. The molecule has 6 heteroatoms. The Bertz CT molecular complexity index is 499. The topological polar surface area (TPSA) is 58.9 Å². The Labute approximate surface area is 93.3 Å². The lowest BCUT2D eigenvalue weighted by molar-refractivity contribution is 0.586. The lowest BCUT2D eigenvalue weighted by Crippen LogP contribution is -2.43. The predicted octanol–water partition coefficient (Wildman–Crippen LogP) is -0.227. The normalized spacial score (nSPS) is 16.9. The maximum Gasteiger partial charge on any atom is 0.186 e. The Morgan fingerprint density at radius 1 is 1.25 bits per heavy atom. The van der Waals surface area contributed by atoms with Crippen molar-refractivity contribution in [1.82, 2.24) is 25.1 Å². The second-order valence-corrected chi connectivity index (χ2v) is 3.97. The molecule has 1 N–H and O–H groups in total. The van der Waals surface area contributed by atoms with Gasteiger partial charge in [0.05, 0.1) is 5.39 Å². The van der Waals surface area contributed by atoms with Crippen molar-refractivity contribution in [2.45, 2.75) is 0 Å². The number of fused-ring (bicyclic) bond motifs is 1. The fourth-order valence-electron chi connectivity index (χ4n) is 2.07. The molecule has 0 unspecified atom stereocenters. The highest BCUT2D eigenvalue weighted by Crippen LogP contribution is 2.21. The molecule has 2 aromatic heterocycles. The molecule has 1 fully saturated rings. The first kappa shape index (κ1) is 9.53. The van der Waals surface area contributed by atoms with Crippen LogP contribution < -0.4 is 10.2 Å². The molecular weight excluding hydrogens is 204 g/mol. The molecule has 0 aromatic carbocycles. The highest BCUT2D eigenvalue weighted by molar-refractivity contribution is 5.86. The molecule has 0 amide bonds. The summed E-state index contributed by atoms with van der Waals surface area (Å²) in [6.45, 7) is 3.99. The third kappa shape index (κ3) is 1.51. The van der Waals surface area contributed by atoms with Gasteiger partial charge in [0.15, 0.2) is 5.65 Å². The molecule has 84 valence electrons. The highest BCUT2D eigenvalue weighted by Gasteiger charge is 2.16. The molecule has 0 aliphatic carbocycles. The molecule has 1 aliphatic heterocycles. The molecule has 0 atom stereocenters. The summed E-state index contributed by atoms with van der Waals surface area (Å²) in [6, 6.07) is 0. The van der Waals surface area contributed by atoms with Gasteiger partial charge in [0, 0.05) is 39.4 Å². The van der Waals surface area contributed by atoms with Gasteiger partial charge in [-0.25, -0.2) is 9.97 Å². The summed E-state index contributed by atoms with van der Waals surface area (Å²) in [5.74, 6) is 1.000. The quantitative estimate of drug-likeness (QED) is 0.716. The number of piperazine rings is 1. The third-order valence-corrected chi connectivity index (χ3v) is 2.83. The fraction of sp³-hybridized carbons (Fsp3) is 0.500. The first-order valence-corrected chi connectivity index (χ1v) is 5.44. The van der Waals surface area contributed by atoms with E-state index in [4.69, 9.17) is 0 Å². The Hall–Kier alpha value is -1.69. The van der Waals surface area contributed by atoms with Crippen LogP contribution in [-0.2, 0) is 7.05 Å². The molecule has 3 rings (SSSR count). The van der Waals surface area contributed by atoms with Crippen molar-refractivity contribution in [3.05, 3.63) is 12.5 Å². The predicted molar refractivity (Wildman–Crippen MR) is 61.4 cm³/mol. The van der Waals surface area contributed by atoms with Crippen LogP contribution in [0.2, 0.25) is 0 Å². The molecule has 2 aromatic rings. The summed E-state index contributed by atoms with van der Waals surface area (Å²) in [6.07, 6.45) is 3.57. The van der Waals surface area contributed by atoms with E-state index in [0.29, 0.717) is 0 Å². The zero-order chi connectivity index (χ0) is 11.0. The minimum absolute atomic E-state index is 0.769. The number of rotatable bonds is 1. The average molecular weight is 218 g/mol. The molecule has 6 nitrogen and oxygen atoms in total. The van der Waals surface area contributed by atoms with Crippen molar-refractivity contribution in [3.8, 4) is 0 Å². The summed E-state index contributed by atoms with van der Waals surface area (Å²) < 4.78 is 1.78. The minimum atomic E-state index is 0.769. The standard InChI is InChI=1S/C10H14N6/c1-15-6-8-9(14-15)12-7-13-10(8)16-4-2-11-3-5-16/h6-7,11H,2-5H2,1H3. The molecule has 0 saturated carbocycles. The van der Waals surface area contributed by atoms with Gasteiger partial charge in [-0.1, -0.05) is 0 Å². The van der Waals surface area contributed by atoms with Crippen LogP contribution in [0.5, 0.6) is 0 Å². The van der Waals surface area contributed by atoms with E-state index < -0.39 is 0 Å². The van der Waals surface area contributed by atoms with Gasteiger partial charge >= 0.3 is 0 Å². The van der Waals surface area contributed by atoms with Gasteiger partial charge in [-0.2, -0.15) is 5.10 Å². The van der Waals surface area contributed by atoms with Crippen LogP contribution in [0.4, 0.5) is 5.82 Å². The van der Waals surface area contributed by atoms with E-state index in [1.54, 1.807) is 11.0 Å². The maximum absolute atomic E-state index is 4.38. The van der Waals surface area contributed by atoms with E-state index in [0.717, 1.165) is 43.0 Å². The van der Waals surface area contributed by atoms with Gasteiger partial charge in [-0.15, -0.1) is 0 Å². The maximum atomic E-state index is 4.38. The van der Waals surface area contributed by atoms with Crippen LogP contribution >= 0.6 is 0 Å². The van der Waals surface area contributed by atoms with Crippen LogP contribution in [0.15, 0.2) is 12.5 Å². The molecule has 0 spiro atoms. The Kier molecular flexibility index (Phi) is 2.21. The average Bonchev–Trinajstić information content (AvgIpc) is 2.70. The lowest BCUT2D eigenvalue weighted by Gasteiger charge is -2.28. The summed E-state index contributed by atoms with van der Waals surface area (Å²) in [7, 11) is 1.91. The molecule has 16 heavy (non-hydrogen) atoms. The number of anilines is 1. The molecule has 1 aliphatic rings. The van der Waals surface area contributed by atoms with Crippen molar-refractivity contribution >= 4 is 16.9 Å². The first-order chi connectivity index (χ1) is 7.84. The smallest absolute Gasteiger partial charge is 0.186 e. The van der Waals surface area contributed by atoms with Crippen molar-refractivity contribution in [1.29, 1.82) is 0 Å². The SMILES string of the molecule is Cn1cc2c(N3CCNCC3)ncnc2n1. The number of hydrogen-bond donors (Lipinski definition) is 1. The molecule has 0 bridgehead atoms. The minimum Gasteiger partial charge on any atom is -0.353 e. The van der Waals surface area contributed by atoms with Crippen molar-refractivity contribution in [2.75, 3.05) is 31.1 Å². The largest absolute Gasteiger partial charge is 0.353 e. The number of hydrogen-bond acceptors (Lipinski definition) is 5. The van der Waals surface area contributed by atoms with E-state index in [2.05, 4.69) is 25.3 Å². The first-order valence-electron chi connectivity index (χ1n) is 5.44. The molecular formula is C10H14N6. The van der Waals surface area contributed by atoms with E-state index in [1.807, 2.05) is 13.2 Å². The van der Waals surface area contributed by atoms with E-state index in [1.165, 1.54) is 0 Å². The fourth-order valence-corrected chi connectivity index (χ4v) is 2.07. The van der Waals surface area contributed by atoms with Gasteiger partial charge in [0.25, 0.3) is 0 Å². The van der Waals surface area contributed by atoms with E-state index in [9.17, 15) is 0 Å². The van der Waals surface area contributed by atoms with Crippen LogP contribution in [0, 0.1) is 0 Å². The molecule has 3 heterocycles. The van der Waals surface area contributed by atoms with Gasteiger partial charge in [-0.05, 0) is 0 Å². The highest BCUT2D eigenvalue weighted by atomic mass is 15.3. The van der Waals surface area contributed by atoms with E-state index >= 15 is 0 Å². The Balaban J connectivity index is 2.07. The number of nitrogens with zero attached hydrogens (tertiary/aromatic N) is 5. The third-order valence-electron chi connectivity index (χ3n) is 2.83.